The molecule has 1 aromatic carbocycles. The Hall–Kier alpha value is -1.39. The third-order valence-corrected chi connectivity index (χ3v) is 2.94. The largest absolute Gasteiger partial charge is 0.312 e. The Morgan fingerprint density at radius 3 is 3.00 bits per heavy atom. The van der Waals surface area contributed by atoms with Crippen molar-refractivity contribution in [3.05, 3.63) is 53.1 Å². The van der Waals surface area contributed by atoms with E-state index in [4.69, 9.17) is 11.6 Å². The minimum atomic E-state index is -0.334. The van der Waals surface area contributed by atoms with Crippen LogP contribution in [-0.2, 0) is 13.1 Å². The number of hydrogen-bond donors (Lipinski definition) is 1. The molecular weight excluding hydrogens is 253 g/mol. The minimum absolute atomic E-state index is 0.172. The number of rotatable bonds is 6. The number of benzene rings is 1. The van der Waals surface area contributed by atoms with E-state index >= 15 is 0 Å². The number of nitrogens with zero attached hydrogens (tertiary/aromatic N) is 2. The molecule has 0 aliphatic carbocycles. The summed E-state index contributed by atoms with van der Waals surface area (Å²) in [5, 5.41) is 7.47. The number of hydrogen-bond acceptors (Lipinski definition) is 2. The fourth-order valence-electron chi connectivity index (χ4n) is 1.71. The molecule has 2 aromatic rings. The van der Waals surface area contributed by atoms with Crippen molar-refractivity contribution in [3.8, 4) is 0 Å². The maximum atomic E-state index is 13.5. The van der Waals surface area contributed by atoms with Crippen LogP contribution in [0.5, 0.6) is 0 Å². The van der Waals surface area contributed by atoms with E-state index in [1.165, 1.54) is 0 Å². The topological polar surface area (TPSA) is 29.9 Å². The third-order valence-electron chi connectivity index (χ3n) is 2.65. The lowest BCUT2D eigenvalue weighted by molar-refractivity contribution is 0.534. The van der Waals surface area contributed by atoms with Gasteiger partial charge in [-0.2, -0.15) is 5.10 Å². The maximum absolute atomic E-state index is 13.5. The highest BCUT2D eigenvalue weighted by molar-refractivity contribution is 6.30. The maximum Gasteiger partial charge on any atom is 0.146 e. The SMILES string of the molecule is Fc1c(Cl)cccc1CNCCCn1cccn1. The first-order valence-corrected chi connectivity index (χ1v) is 6.26. The lowest BCUT2D eigenvalue weighted by atomic mass is 10.2. The molecule has 1 aromatic heterocycles. The van der Waals surface area contributed by atoms with Gasteiger partial charge in [0.15, 0.2) is 0 Å². The number of aryl methyl sites for hydroxylation is 1. The Morgan fingerprint density at radius 1 is 1.33 bits per heavy atom. The van der Waals surface area contributed by atoms with Crippen molar-refractivity contribution in [2.24, 2.45) is 0 Å². The van der Waals surface area contributed by atoms with Crippen LogP contribution in [0, 0.1) is 5.82 Å². The quantitative estimate of drug-likeness (QED) is 0.816. The van der Waals surface area contributed by atoms with E-state index in [1.807, 2.05) is 16.9 Å². The fourth-order valence-corrected chi connectivity index (χ4v) is 1.90. The Labute approximate surface area is 111 Å². The molecule has 0 aliphatic rings. The molecule has 0 fully saturated rings. The minimum Gasteiger partial charge on any atom is -0.312 e. The average molecular weight is 268 g/mol. The van der Waals surface area contributed by atoms with Crippen LogP contribution in [-0.4, -0.2) is 16.3 Å². The second kappa shape index (κ2) is 6.52. The summed E-state index contributed by atoms with van der Waals surface area (Å²) >= 11 is 5.71. The van der Waals surface area contributed by atoms with Crippen LogP contribution in [0.1, 0.15) is 12.0 Å². The van der Waals surface area contributed by atoms with E-state index in [0.29, 0.717) is 12.1 Å². The zero-order valence-corrected chi connectivity index (χ0v) is 10.7. The molecule has 3 nitrogen and oxygen atoms in total. The number of halogens is 2. The van der Waals surface area contributed by atoms with Gasteiger partial charge in [0, 0.05) is 31.0 Å². The summed E-state index contributed by atoms with van der Waals surface area (Å²) < 4.78 is 15.4. The van der Waals surface area contributed by atoms with E-state index in [1.54, 1.807) is 24.4 Å². The highest BCUT2D eigenvalue weighted by atomic mass is 35.5. The third kappa shape index (κ3) is 3.55. The predicted molar refractivity (Wildman–Crippen MR) is 70.0 cm³/mol. The van der Waals surface area contributed by atoms with Crippen molar-refractivity contribution in [3.63, 3.8) is 0 Å². The summed E-state index contributed by atoms with van der Waals surface area (Å²) in [6.07, 6.45) is 4.63. The van der Waals surface area contributed by atoms with Gasteiger partial charge in [-0.05, 0) is 25.1 Å². The average Bonchev–Trinajstić information content (AvgIpc) is 2.87. The molecule has 0 saturated carbocycles. The molecule has 0 saturated heterocycles. The monoisotopic (exact) mass is 267 g/mol. The number of nitrogens with one attached hydrogen (secondary N) is 1. The predicted octanol–water partition coefficient (Wildman–Crippen LogP) is 2.86. The molecule has 0 amide bonds. The van der Waals surface area contributed by atoms with Crippen LogP contribution >= 0.6 is 11.6 Å². The highest BCUT2D eigenvalue weighted by Crippen LogP contribution is 2.17. The van der Waals surface area contributed by atoms with E-state index in [9.17, 15) is 4.39 Å². The lowest BCUT2D eigenvalue weighted by Gasteiger charge is -2.07. The summed E-state index contributed by atoms with van der Waals surface area (Å²) in [5.41, 5.74) is 0.599. The second-order valence-electron chi connectivity index (χ2n) is 4.01. The summed E-state index contributed by atoms with van der Waals surface area (Å²) in [6.45, 7) is 2.16. The molecule has 0 spiro atoms. The van der Waals surface area contributed by atoms with Crippen molar-refractivity contribution in [2.75, 3.05) is 6.54 Å². The standard InChI is InChI=1S/C13H15ClFN3/c14-12-5-1-4-11(13(12)15)10-16-6-2-8-18-9-3-7-17-18/h1,3-5,7,9,16H,2,6,8,10H2. The van der Waals surface area contributed by atoms with E-state index in [-0.39, 0.29) is 10.8 Å². The van der Waals surface area contributed by atoms with Crippen LogP contribution in [0.2, 0.25) is 5.02 Å². The molecule has 5 heteroatoms. The molecule has 0 unspecified atom stereocenters. The smallest absolute Gasteiger partial charge is 0.146 e. The molecule has 1 heterocycles. The van der Waals surface area contributed by atoms with E-state index in [0.717, 1.165) is 19.5 Å². The normalized spacial score (nSPS) is 10.8. The zero-order valence-electron chi connectivity index (χ0n) is 9.94. The van der Waals surface area contributed by atoms with Gasteiger partial charge in [-0.25, -0.2) is 4.39 Å². The molecule has 96 valence electrons. The summed E-state index contributed by atoms with van der Waals surface area (Å²) in [7, 11) is 0. The van der Waals surface area contributed by atoms with Gasteiger partial charge in [0.2, 0.25) is 0 Å². The Morgan fingerprint density at radius 2 is 2.22 bits per heavy atom. The van der Waals surface area contributed by atoms with Crippen LogP contribution < -0.4 is 5.32 Å². The second-order valence-corrected chi connectivity index (χ2v) is 4.42. The van der Waals surface area contributed by atoms with Gasteiger partial charge in [0.05, 0.1) is 5.02 Å². The van der Waals surface area contributed by atoms with Crippen molar-refractivity contribution < 1.29 is 4.39 Å². The van der Waals surface area contributed by atoms with Crippen molar-refractivity contribution in [1.82, 2.24) is 15.1 Å². The highest BCUT2D eigenvalue weighted by Gasteiger charge is 2.04. The fraction of sp³-hybridized carbons (Fsp3) is 0.308. The van der Waals surface area contributed by atoms with E-state index in [2.05, 4.69) is 10.4 Å². The van der Waals surface area contributed by atoms with Crippen molar-refractivity contribution >= 4 is 11.6 Å². The molecule has 0 aliphatic heterocycles. The van der Waals surface area contributed by atoms with Gasteiger partial charge >= 0.3 is 0 Å². The zero-order chi connectivity index (χ0) is 12.8. The van der Waals surface area contributed by atoms with Gasteiger partial charge in [0.25, 0.3) is 0 Å². The first-order valence-electron chi connectivity index (χ1n) is 5.88. The first-order chi connectivity index (χ1) is 8.77. The Bertz CT molecular complexity index is 485. The van der Waals surface area contributed by atoms with Gasteiger partial charge in [-0.15, -0.1) is 0 Å². The van der Waals surface area contributed by atoms with Crippen LogP contribution in [0.3, 0.4) is 0 Å². The molecule has 0 atom stereocenters. The molecule has 0 bridgehead atoms. The van der Waals surface area contributed by atoms with Crippen LogP contribution in [0.25, 0.3) is 0 Å². The molecule has 0 radical (unpaired) electrons. The summed E-state index contributed by atoms with van der Waals surface area (Å²) in [4.78, 5) is 0. The lowest BCUT2D eigenvalue weighted by Crippen LogP contribution is -2.17. The van der Waals surface area contributed by atoms with Crippen molar-refractivity contribution in [2.45, 2.75) is 19.5 Å². The molecular formula is C13H15ClFN3. The van der Waals surface area contributed by atoms with Gasteiger partial charge in [-0.3, -0.25) is 4.68 Å². The van der Waals surface area contributed by atoms with Crippen LogP contribution in [0.15, 0.2) is 36.7 Å². The van der Waals surface area contributed by atoms with Gasteiger partial charge < -0.3 is 5.32 Å². The van der Waals surface area contributed by atoms with E-state index < -0.39 is 0 Å². The Kier molecular flexibility index (Phi) is 4.73. The molecule has 2 rings (SSSR count). The summed E-state index contributed by atoms with van der Waals surface area (Å²) in [6, 6.07) is 6.95. The molecule has 18 heavy (non-hydrogen) atoms. The summed E-state index contributed by atoms with van der Waals surface area (Å²) in [5.74, 6) is -0.334. The van der Waals surface area contributed by atoms with Crippen LogP contribution in [0.4, 0.5) is 4.39 Å². The number of aromatic nitrogens is 2. The van der Waals surface area contributed by atoms with Gasteiger partial charge in [0.1, 0.15) is 5.82 Å². The first kappa shape index (κ1) is 13.1. The van der Waals surface area contributed by atoms with Crippen molar-refractivity contribution in [1.29, 1.82) is 0 Å². The Balaban J connectivity index is 1.70. The molecule has 1 N–H and O–H groups in total. The van der Waals surface area contributed by atoms with Gasteiger partial charge in [-0.1, -0.05) is 23.7 Å².